The molecule has 0 spiro atoms. The van der Waals surface area contributed by atoms with Crippen LogP contribution in [0, 0.1) is 11.8 Å². The summed E-state index contributed by atoms with van der Waals surface area (Å²) < 4.78 is 0. The van der Waals surface area contributed by atoms with Crippen LogP contribution in [-0.2, 0) is 0 Å². The molecule has 1 heterocycles. The van der Waals surface area contributed by atoms with Gasteiger partial charge in [0.25, 0.3) is 5.91 Å². The van der Waals surface area contributed by atoms with Gasteiger partial charge < -0.3 is 10.0 Å². The van der Waals surface area contributed by atoms with Crippen LogP contribution in [0.1, 0.15) is 41.9 Å². The molecule has 1 amide bonds. The highest BCUT2D eigenvalue weighted by molar-refractivity contribution is 7.10. The van der Waals surface area contributed by atoms with E-state index in [1.807, 2.05) is 12.4 Å². The zero-order valence-electron chi connectivity index (χ0n) is 11.1. The number of hydrogen-bond donors (Lipinski definition) is 1. The van der Waals surface area contributed by atoms with Crippen LogP contribution >= 0.6 is 11.3 Å². The van der Waals surface area contributed by atoms with E-state index in [4.69, 9.17) is 5.11 Å². The highest BCUT2D eigenvalue weighted by Crippen LogP contribution is 2.17. The second-order valence-corrected chi connectivity index (χ2v) is 5.12. The van der Waals surface area contributed by atoms with Crippen molar-refractivity contribution in [2.75, 3.05) is 13.7 Å². The molecule has 1 unspecified atom stereocenters. The van der Waals surface area contributed by atoms with Gasteiger partial charge >= 0.3 is 0 Å². The lowest BCUT2D eigenvalue weighted by molar-refractivity contribution is 0.0737. The largest absolute Gasteiger partial charge is 0.384 e. The topological polar surface area (TPSA) is 40.5 Å². The van der Waals surface area contributed by atoms with Crippen LogP contribution in [-0.4, -0.2) is 35.6 Å². The Labute approximate surface area is 112 Å². The molecule has 0 radical (unpaired) electrons. The average Bonchev–Trinajstić information content (AvgIpc) is 2.83. The van der Waals surface area contributed by atoms with Crippen molar-refractivity contribution in [2.45, 2.75) is 32.7 Å². The molecule has 18 heavy (non-hydrogen) atoms. The van der Waals surface area contributed by atoms with Crippen molar-refractivity contribution in [3.8, 4) is 11.8 Å². The van der Waals surface area contributed by atoms with Gasteiger partial charge in [0.05, 0.1) is 10.4 Å². The Kier molecular flexibility index (Phi) is 5.90. The Morgan fingerprint density at radius 2 is 2.33 bits per heavy atom. The zero-order valence-corrected chi connectivity index (χ0v) is 11.9. The van der Waals surface area contributed by atoms with E-state index in [1.165, 1.54) is 11.3 Å². The molecule has 1 aromatic heterocycles. The van der Waals surface area contributed by atoms with E-state index in [9.17, 15) is 4.79 Å². The Balaban J connectivity index is 2.75. The molecule has 1 atom stereocenters. The quantitative estimate of drug-likeness (QED) is 0.849. The van der Waals surface area contributed by atoms with Crippen molar-refractivity contribution in [3.05, 3.63) is 21.9 Å². The van der Waals surface area contributed by atoms with Crippen LogP contribution in [0.4, 0.5) is 0 Å². The number of hydrogen-bond acceptors (Lipinski definition) is 3. The van der Waals surface area contributed by atoms with Crippen LogP contribution in [0.2, 0.25) is 0 Å². The van der Waals surface area contributed by atoms with Gasteiger partial charge in [-0.1, -0.05) is 25.2 Å². The number of thiophene rings is 1. The first-order valence-electron chi connectivity index (χ1n) is 6.05. The standard InChI is InChI=1S/C14H19NO2S/c1-4-6-11(2)15(3)14(17)12-9-13(18-10-12)7-5-8-16/h9-11,16H,4,6,8H2,1-3H3. The fourth-order valence-corrected chi connectivity index (χ4v) is 2.40. The lowest BCUT2D eigenvalue weighted by atomic mass is 10.1. The molecule has 3 nitrogen and oxygen atoms in total. The highest BCUT2D eigenvalue weighted by Gasteiger charge is 2.17. The van der Waals surface area contributed by atoms with Crippen LogP contribution in [0.15, 0.2) is 11.4 Å². The third kappa shape index (κ3) is 3.86. The summed E-state index contributed by atoms with van der Waals surface area (Å²) >= 11 is 1.43. The van der Waals surface area contributed by atoms with Gasteiger partial charge in [0.1, 0.15) is 6.61 Å². The summed E-state index contributed by atoms with van der Waals surface area (Å²) in [6, 6.07) is 2.03. The lowest BCUT2D eigenvalue weighted by Gasteiger charge is -2.24. The maximum Gasteiger partial charge on any atom is 0.254 e. The van der Waals surface area contributed by atoms with E-state index in [2.05, 4.69) is 25.7 Å². The van der Waals surface area contributed by atoms with Crippen LogP contribution in [0.3, 0.4) is 0 Å². The molecule has 0 aromatic carbocycles. The maximum absolute atomic E-state index is 12.2. The third-order valence-corrected chi connectivity index (χ3v) is 3.67. The van der Waals surface area contributed by atoms with Crippen molar-refractivity contribution in [1.82, 2.24) is 4.90 Å². The van der Waals surface area contributed by atoms with Crippen molar-refractivity contribution in [3.63, 3.8) is 0 Å². The van der Waals surface area contributed by atoms with Crippen LogP contribution in [0.5, 0.6) is 0 Å². The van der Waals surface area contributed by atoms with Gasteiger partial charge in [0.15, 0.2) is 0 Å². The smallest absolute Gasteiger partial charge is 0.254 e. The average molecular weight is 265 g/mol. The maximum atomic E-state index is 12.2. The first kappa shape index (κ1) is 14.7. The Bertz CT molecular complexity index is 456. The van der Waals surface area contributed by atoms with Crippen molar-refractivity contribution in [1.29, 1.82) is 0 Å². The molecule has 0 saturated heterocycles. The molecule has 1 N–H and O–H groups in total. The monoisotopic (exact) mass is 265 g/mol. The summed E-state index contributed by atoms with van der Waals surface area (Å²) in [4.78, 5) is 14.8. The molecule has 98 valence electrons. The van der Waals surface area contributed by atoms with E-state index >= 15 is 0 Å². The fraction of sp³-hybridized carbons (Fsp3) is 0.500. The molecule has 0 bridgehead atoms. The molecular formula is C14H19NO2S. The van der Waals surface area contributed by atoms with Gasteiger partial charge in [-0.3, -0.25) is 4.79 Å². The first-order chi connectivity index (χ1) is 8.60. The second kappa shape index (κ2) is 7.20. The zero-order chi connectivity index (χ0) is 13.5. The summed E-state index contributed by atoms with van der Waals surface area (Å²) in [5, 5.41) is 10.4. The summed E-state index contributed by atoms with van der Waals surface area (Å²) in [6.07, 6.45) is 2.07. The lowest BCUT2D eigenvalue weighted by Crippen LogP contribution is -2.34. The van der Waals surface area contributed by atoms with Gasteiger partial charge in [-0.05, 0) is 19.4 Å². The summed E-state index contributed by atoms with van der Waals surface area (Å²) in [5.74, 6) is 5.42. The summed E-state index contributed by atoms with van der Waals surface area (Å²) in [7, 11) is 1.83. The van der Waals surface area contributed by atoms with Gasteiger partial charge in [0, 0.05) is 18.5 Å². The minimum Gasteiger partial charge on any atom is -0.384 e. The van der Waals surface area contributed by atoms with E-state index in [1.54, 1.807) is 11.0 Å². The molecule has 0 aliphatic heterocycles. The molecule has 0 aliphatic rings. The SMILES string of the molecule is CCCC(C)N(C)C(=O)c1csc(C#CCO)c1. The Morgan fingerprint density at radius 3 is 2.94 bits per heavy atom. The summed E-state index contributed by atoms with van der Waals surface area (Å²) in [6.45, 7) is 4.01. The molecule has 1 aromatic rings. The molecular weight excluding hydrogens is 246 g/mol. The van der Waals surface area contributed by atoms with Crippen LogP contribution < -0.4 is 0 Å². The first-order valence-corrected chi connectivity index (χ1v) is 6.93. The molecule has 0 saturated carbocycles. The van der Waals surface area contributed by atoms with E-state index in [-0.39, 0.29) is 18.6 Å². The highest BCUT2D eigenvalue weighted by atomic mass is 32.1. The molecule has 0 aliphatic carbocycles. The fourth-order valence-electron chi connectivity index (χ4n) is 1.66. The van der Waals surface area contributed by atoms with E-state index in [0.29, 0.717) is 5.56 Å². The predicted molar refractivity (Wildman–Crippen MR) is 74.7 cm³/mol. The molecule has 4 heteroatoms. The van der Waals surface area contributed by atoms with Gasteiger partial charge in [-0.25, -0.2) is 0 Å². The number of carbonyl (C=O) groups excluding carboxylic acids is 1. The third-order valence-electron chi connectivity index (χ3n) is 2.83. The number of carbonyl (C=O) groups is 1. The van der Waals surface area contributed by atoms with Gasteiger partial charge in [-0.2, -0.15) is 0 Å². The van der Waals surface area contributed by atoms with Crippen molar-refractivity contribution >= 4 is 17.2 Å². The van der Waals surface area contributed by atoms with Crippen LogP contribution in [0.25, 0.3) is 0 Å². The minimum absolute atomic E-state index is 0.0317. The van der Waals surface area contributed by atoms with Crippen molar-refractivity contribution < 1.29 is 9.90 Å². The summed E-state index contributed by atoms with van der Waals surface area (Å²) in [5.41, 5.74) is 0.674. The van der Waals surface area contributed by atoms with Gasteiger partial charge in [0.2, 0.25) is 0 Å². The predicted octanol–water partition coefficient (Wildman–Crippen LogP) is 2.35. The number of amides is 1. The Hall–Kier alpha value is -1.31. The normalized spacial score (nSPS) is 11.6. The molecule has 1 rings (SSSR count). The number of rotatable bonds is 4. The van der Waals surface area contributed by atoms with Gasteiger partial charge in [-0.15, -0.1) is 11.3 Å². The minimum atomic E-state index is -0.158. The molecule has 0 fully saturated rings. The number of aliphatic hydroxyl groups excluding tert-OH is 1. The van der Waals surface area contributed by atoms with Crippen molar-refractivity contribution in [2.24, 2.45) is 0 Å². The Morgan fingerprint density at radius 1 is 1.61 bits per heavy atom. The van der Waals surface area contributed by atoms with E-state index < -0.39 is 0 Å². The number of nitrogens with zero attached hydrogens (tertiary/aromatic N) is 1. The number of aliphatic hydroxyl groups is 1. The second-order valence-electron chi connectivity index (χ2n) is 4.21. The van der Waals surface area contributed by atoms with E-state index in [0.717, 1.165) is 17.7 Å².